The van der Waals surface area contributed by atoms with Crippen molar-refractivity contribution in [2.24, 2.45) is 7.05 Å². The Morgan fingerprint density at radius 2 is 2.33 bits per heavy atom. The lowest BCUT2D eigenvalue weighted by molar-refractivity contribution is 0.143. The van der Waals surface area contributed by atoms with Gasteiger partial charge in [-0.15, -0.1) is 0 Å². The van der Waals surface area contributed by atoms with Crippen molar-refractivity contribution < 1.29 is 13.9 Å². The van der Waals surface area contributed by atoms with E-state index in [1.165, 1.54) is 10.9 Å². The number of aliphatic hydroxyl groups is 1. The quantitative estimate of drug-likeness (QED) is 0.742. The summed E-state index contributed by atoms with van der Waals surface area (Å²) in [5, 5.41) is 12.1. The fourth-order valence-corrected chi connectivity index (χ4v) is 1.05. The van der Waals surface area contributed by atoms with Crippen molar-refractivity contribution in [3.8, 4) is 0 Å². The Labute approximate surface area is 68.6 Å². The van der Waals surface area contributed by atoms with E-state index in [0.29, 0.717) is 5.56 Å². The third-order valence-electron chi connectivity index (χ3n) is 1.52. The van der Waals surface area contributed by atoms with Gasteiger partial charge in [0.2, 0.25) is 0 Å². The number of aryl methyl sites for hydroxylation is 1. The molecule has 1 heterocycles. The molecule has 0 atom stereocenters. The van der Waals surface area contributed by atoms with Gasteiger partial charge in [-0.1, -0.05) is 0 Å². The molecular weight excluding hydrogens is 166 g/mol. The van der Waals surface area contributed by atoms with Crippen LogP contribution in [-0.2, 0) is 13.5 Å². The summed E-state index contributed by atoms with van der Waals surface area (Å²) in [6, 6.07) is 0. The molecule has 0 saturated heterocycles. The minimum atomic E-state index is -2.56. The van der Waals surface area contributed by atoms with Crippen molar-refractivity contribution in [3.05, 3.63) is 17.5 Å². The first-order valence-corrected chi connectivity index (χ1v) is 3.56. The molecule has 1 rings (SSSR count). The Morgan fingerprint density at radius 3 is 2.83 bits per heavy atom. The Hall–Kier alpha value is -0.970. The molecule has 12 heavy (non-hydrogen) atoms. The normalized spacial score (nSPS) is 11.1. The van der Waals surface area contributed by atoms with Crippen LogP contribution in [-0.4, -0.2) is 21.5 Å². The van der Waals surface area contributed by atoms with Gasteiger partial charge >= 0.3 is 0 Å². The maximum absolute atomic E-state index is 12.2. The van der Waals surface area contributed by atoms with E-state index in [1.807, 2.05) is 0 Å². The van der Waals surface area contributed by atoms with Gasteiger partial charge in [-0.25, -0.2) is 8.78 Å². The number of hydrogen-bond acceptors (Lipinski definition) is 2. The Morgan fingerprint density at radius 1 is 1.67 bits per heavy atom. The molecule has 0 amide bonds. The second-order valence-corrected chi connectivity index (χ2v) is 2.49. The van der Waals surface area contributed by atoms with Crippen molar-refractivity contribution >= 4 is 0 Å². The molecule has 1 aromatic rings. The molecule has 0 saturated carbocycles. The molecule has 0 radical (unpaired) electrons. The van der Waals surface area contributed by atoms with Crippen LogP contribution in [0.25, 0.3) is 0 Å². The number of alkyl halides is 2. The highest BCUT2D eigenvalue weighted by molar-refractivity contribution is 5.18. The maximum atomic E-state index is 12.2. The standard InChI is InChI=1S/C7H10F2N2O/c1-11-4-5(2-3-12)6(10-11)7(8)9/h4,7,12H,2-3H2,1H3. The second-order valence-electron chi connectivity index (χ2n) is 2.49. The Balaban J connectivity index is 2.92. The second kappa shape index (κ2) is 3.62. The average molecular weight is 176 g/mol. The number of halogens is 2. The molecule has 0 fully saturated rings. The first-order chi connectivity index (χ1) is 5.65. The molecular formula is C7H10F2N2O. The maximum Gasteiger partial charge on any atom is 0.282 e. The van der Waals surface area contributed by atoms with Crippen LogP contribution >= 0.6 is 0 Å². The fraction of sp³-hybridized carbons (Fsp3) is 0.571. The van der Waals surface area contributed by atoms with Gasteiger partial charge in [0, 0.05) is 25.4 Å². The van der Waals surface area contributed by atoms with E-state index in [0.717, 1.165) is 0 Å². The van der Waals surface area contributed by atoms with Gasteiger partial charge in [-0.05, 0) is 6.42 Å². The molecule has 0 aliphatic heterocycles. The van der Waals surface area contributed by atoms with Crippen molar-refractivity contribution in [2.45, 2.75) is 12.8 Å². The van der Waals surface area contributed by atoms with Crippen LogP contribution in [0.4, 0.5) is 8.78 Å². The number of hydrogen-bond donors (Lipinski definition) is 1. The molecule has 1 N–H and O–H groups in total. The molecule has 0 aliphatic rings. The third-order valence-corrected chi connectivity index (χ3v) is 1.52. The van der Waals surface area contributed by atoms with Gasteiger partial charge in [0.1, 0.15) is 5.69 Å². The van der Waals surface area contributed by atoms with Crippen LogP contribution in [0, 0.1) is 0 Å². The summed E-state index contributed by atoms with van der Waals surface area (Å²) in [6.45, 7) is -0.134. The van der Waals surface area contributed by atoms with E-state index in [9.17, 15) is 8.78 Å². The predicted octanol–water partition coefficient (Wildman–Crippen LogP) is 0.892. The minimum absolute atomic E-state index is 0.134. The largest absolute Gasteiger partial charge is 0.396 e. The van der Waals surface area contributed by atoms with Gasteiger partial charge in [0.15, 0.2) is 0 Å². The van der Waals surface area contributed by atoms with E-state index in [1.54, 1.807) is 7.05 Å². The van der Waals surface area contributed by atoms with E-state index in [4.69, 9.17) is 5.11 Å². The number of aliphatic hydroxyl groups excluding tert-OH is 1. The van der Waals surface area contributed by atoms with Gasteiger partial charge in [-0.3, -0.25) is 4.68 Å². The first kappa shape index (κ1) is 9.12. The smallest absolute Gasteiger partial charge is 0.282 e. The topological polar surface area (TPSA) is 38.0 Å². The van der Waals surface area contributed by atoms with Crippen molar-refractivity contribution in [2.75, 3.05) is 6.61 Å². The van der Waals surface area contributed by atoms with Gasteiger partial charge < -0.3 is 5.11 Å². The van der Waals surface area contributed by atoms with Gasteiger partial charge in [0.05, 0.1) is 0 Å². The molecule has 0 aromatic carbocycles. The summed E-state index contributed by atoms with van der Waals surface area (Å²) in [6.07, 6.45) is -0.835. The number of rotatable bonds is 3. The molecule has 5 heteroatoms. The van der Waals surface area contributed by atoms with Crippen molar-refractivity contribution in [1.29, 1.82) is 0 Å². The van der Waals surface area contributed by atoms with Crippen LogP contribution in [0.5, 0.6) is 0 Å². The number of nitrogens with zero attached hydrogens (tertiary/aromatic N) is 2. The van der Waals surface area contributed by atoms with E-state index in [2.05, 4.69) is 5.10 Å². The van der Waals surface area contributed by atoms with Crippen LogP contribution in [0.3, 0.4) is 0 Å². The van der Waals surface area contributed by atoms with Gasteiger partial charge in [-0.2, -0.15) is 5.10 Å². The average Bonchev–Trinajstić information content (AvgIpc) is 2.32. The first-order valence-electron chi connectivity index (χ1n) is 3.56. The summed E-state index contributed by atoms with van der Waals surface area (Å²) >= 11 is 0. The molecule has 0 spiro atoms. The molecule has 0 unspecified atom stereocenters. The summed E-state index contributed by atoms with van der Waals surface area (Å²) < 4.78 is 25.7. The lowest BCUT2D eigenvalue weighted by Gasteiger charge is -1.96. The Kier molecular flexibility index (Phi) is 2.75. The summed E-state index contributed by atoms with van der Waals surface area (Å²) in [5.74, 6) is 0. The van der Waals surface area contributed by atoms with Crippen LogP contribution < -0.4 is 0 Å². The molecule has 0 bridgehead atoms. The van der Waals surface area contributed by atoms with E-state index < -0.39 is 6.43 Å². The summed E-state index contributed by atoms with van der Waals surface area (Å²) in [5.41, 5.74) is 0.182. The number of aromatic nitrogens is 2. The zero-order valence-corrected chi connectivity index (χ0v) is 6.67. The summed E-state index contributed by atoms with van der Waals surface area (Å²) in [4.78, 5) is 0. The highest BCUT2D eigenvalue weighted by Gasteiger charge is 2.16. The monoisotopic (exact) mass is 176 g/mol. The Bertz CT molecular complexity index is 260. The lowest BCUT2D eigenvalue weighted by atomic mass is 10.2. The highest BCUT2D eigenvalue weighted by atomic mass is 19.3. The van der Waals surface area contributed by atoms with Crippen LogP contribution in [0.1, 0.15) is 17.7 Å². The van der Waals surface area contributed by atoms with Crippen LogP contribution in [0.15, 0.2) is 6.20 Å². The molecule has 0 aliphatic carbocycles. The van der Waals surface area contributed by atoms with Crippen molar-refractivity contribution in [1.82, 2.24) is 9.78 Å². The van der Waals surface area contributed by atoms with E-state index >= 15 is 0 Å². The SMILES string of the molecule is Cn1cc(CCO)c(C(F)F)n1. The highest BCUT2D eigenvalue weighted by Crippen LogP contribution is 2.20. The fourth-order valence-electron chi connectivity index (χ4n) is 1.05. The minimum Gasteiger partial charge on any atom is -0.396 e. The zero-order chi connectivity index (χ0) is 9.14. The van der Waals surface area contributed by atoms with Gasteiger partial charge in [0.25, 0.3) is 6.43 Å². The predicted molar refractivity (Wildman–Crippen MR) is 39.0 cm³/mol. The zero-order valence-electron chi connectivity index (χ0n) is 6.67. The van der Waals surface area contributed by atoms with E-state index in [-0.39, 0.29) is 18.7 Å². The molecule has 1 aromatic heterocycles. The van der Waals surface area contributed by atoms with Crippen LogP contribution in [0.2, 0.25) is 0 Å². The summed E-state index contributed by atoms with van der Waals surface area (Å²) in [7, 11) is 1.58. The third kappa shape index (κ3) is 1.79. The molecule has 68 valence electrons. The molecule has 3 nitrogen and oxygen atoms in total. The lowest BCUT2D eigenvalue weighted by Crippen LogP contribution is -1.95. The van der Waals surface area contributed by atoms with Crippen molar-refractivity contribution in [3.63, 3.8) is 0 Å².